The number of rotatable bonds is 9. The zero-order chi connectivity index (χ0) is 21.7. The third kappa shape index (κ3) is 5.24. The Morgan fingerprint density at radius 2 is 2.00 bits per heavy atom. The number of hydrogen-bond acceptors (Lipinski definition) is 7. The third-order valence-electron chi connectivity index (χ3n) is 4.86. The van der Waals surface area contributed by atoms with Crippen molar-refractivity contribution in [1.82, 2.24) is 14.8 Å². The maximum absolute atomic E-state index is 12.7. The predicted octanol–water partition coefficient (Wildman–Crippen LogP) is 4.49. The lowest BCUT2D eigenvalue weighted by atomic mass is 9.95. The van der Waals surface area contributed by atoms with Crippen molar-refractivity contribution in [3.05, 3.63) is 21.8 Å². The van der Waals surface area contributed by atoms with Crippen molar-refractivity contribution in [1.29, 1.82) is 0 Å². The lowest BCUT2D eigenvalue weighted by Gasteiger charge is -2.14. The van der Waals surface area contributed by atoms with E-state index in [1.807, 2.05) is 20.8 Å². The Morgan fingerprint density at radius 3 is 2.70 bits per heavy atom. The number of thioether (sulfide) groups is 1. The van der Waals surface area contributed by atoms with Gasteiger partial charge in [-0.1, -0.05) is 25.6 Å². The van der Waals surface area contributed by atoms with Gasteiger partial charge in [0.15, 0.2) is 5.16 Å². The van der Waals surface area contributed by atoms with Crippen LogP contribution < -0.4 is 5.32 Å². The van der Waals surface area contributed by atoms with Gasteiger partial charge in [0.05, 0.1) is 17.4 Å². The van der Waals surface area contributed by atoms with Gasteiger partial charge in [0.25, 0.3) is 0 Å². The van der Waals surface area contributed by atoms with Crippen LogP contribution in [0.1, 0.15) is 73.6 Å². The van der Waals surface area contributed by atoms with Gasteiger partial charge in [-0.15, -0.1) is 21.5 Å². The smallest absolute Gasteiger partial charge is 0.341 e. The maximum atomic E-state index is 12.7. The second-order valence-corrected chi connectivity index (χ2v) is 9.66. The first-order valence-corrected chi connectivity index (χ1v) is 12.4. The van der Waals surface area contributed by atoms with Crippen LogP contribution in [0.15, 0.2) is 5.16 Å². The standard InChI is InChI=1S/C21H30N4O3S2/c1-5-11-25-16(6-2)23-24-21(25)29-12-17(26)22-19-18(20(27)28-13(3)4)14-9-7-8-10-15(14)30-19/h13H,5-12H2,1-4H3,(H,22,26). The third-order valence-corrected chi connectivity index (χ3v) is 7.03. The molecular weight excluding hydrogens is 420 g/mol. The minimum Gasteiger partial charge on any atom is -0.459 e. The summed E-state index contributed by atoms with van der Waals surface area (Å²) in [6.07, 6.45) is 5.57. The molecule has 0 aliphatic heterocycles. The number of aromatic nitrogens is 3. The van der Waals surface area contributed by atoms with Crippen molar-refractivity contribution in [2.75, 3.05) is 11.1 Å². The number of esters is 1. The van der Waals surface area contributed by atoms with E-state index < -0.39 is 0 Å². The lowest BCUT2D eigenvalue weighted by molar-refractivity contribution is -0.113. The molecule has 0 saturated heterocycles. The summed E-state index contributed by atoms with van der Waals surface area (Å²) in [4.78, 5) is 26.6. The number of carbonyl (C=O) groups is 2. The van der Waals surface area contributed by atoms with Gasteiger partial charge >= 0.3 is 5.97 Å². The molecule has 164 valence electrons. The molecule has 0 radical (unpaired) electrons. The van der Waals surface area contributed by atoms with Crippen LogP contribution in [0.3, 0.4) is 0 Å². The van der Waals surface area contributed by atoms with E-state index in [0.29, 0.717) is 10.6 Å². The Hall–Kier alpha value is -1.87. The molecule has 3 rings (SSSR count). The molecule has 1 aliphatic carbocycles. The zero-order valence-corrected chi connectivity index (χ0v) is 19.8. The first kappa shape index (κ1) is 22.8. The fraction of sp³-hybridized carbons (Fsp3) is 0.619. The van der Waals surface area contributed by atoms with Crippen molar-refractivity contribution >= 4 is 40.0 Å². The van der Waals surface area contributed by atoms with Gasteiger partial charge < -0.3 is 14.6 Å². The number of anilines is 1. The number of nitrogens with one attached hydrogen (secondary N) is 1. The number of nitrogens with zero attached hydrogens (tertiary/aromatic N) is 3. The van der Waals surface area contributed by atoms with E-state index in [1.165, 1.54) is 28.0 Å². The quantitative estimate of drug-likeness (QED) is 0.448. The second kappa shape index (κ2) is 10.4. The largest absolute Gasteiger partial charge is 0.459 e. The number of fused-ring (bicyclic) bond motifs is 1. The summed E-state index contributed by atoms with van der Waals surface area (Å²) in [5, 5.41) is 12.8. The summed E-state index contributed by atoms with van der Waals surface area (Å²) in [5.41, 5.74) is 1.60. The molecule has 30 heavy (non-hydrogen) atoms. The molecule has 0 aromatic carbocycles. The van der Waals surface area contributed by atoms with E-state index in [2.05, 4.69) is 27.0 Å². The highest BCUT2D eigenvalue weighted by molar-refractivity contribution is 7.99. The molecule has 1 aliphatic rings. The number of ether oxygens (including phenoxy) is 1. The van der Waals surface area contributed by atoms with Gasteiger partial charge in [0.1, 0.15) is 10.8 Å². The highest BCUT2D eigenvalue weighted by atomic mass is 32.2. The Balaban J connectivity index is 1.73. The minimum absolute atomic E-state index is 0.152. The molecule has 2 heterocycles. The van der Waals surface area contributed by atoms with Crippen LogP contribution in [0.2, 0.25) is 0 Å². The first-order chi connectivity index (χ1) is 14.4. The number of aryl methyl sites for hydroxylation is 2. The average molecular weight is 451 g/mol. The number of amides is 1. The minimum atomic E-state index is -0.345. The molecule has 2 aromatic heterocycles. The Morgan fingerprint density at radius 1 is 1.23 bits per heavy atom. The number of hydrogen-bond donors (Lipinski definition) is 1. The normalized spacial score (nSPS) is 13.4. The summed E-state index contributed by atoms with van der Waals surface area (Å²) >= 11 is 2.89. The van der Waals surface area contributed by atoms with Crippen molar-refractivity contribution in [3.8, 4) is 0 Å². The molecule has 0 fully saturated rings. The van der Waals surface area contributed by atoms with E-state index in [9.17, 15) is 9.59 Å². The zero-order valence-electron chi connectivity index (χ0n) is 18.1. The highest BCUT2D eigenvalue weighted by Gasteiger charge is 2.28. The van der Waals surface area contributed by atoms with Crippen molar-refractivity contribution in [2.24, 2.45) is 0 Å². The molecule has 0 bridgehead atoms. The van der Waals surface area contributed by atoms with Crippen LogP contribution in [0.4, 0.5) is 5.00 Å². The molecule has 0 spiro atoms. The van der Waals surface area contributed by atoms with Crippen molar-refractivity contribution in [3.63, 3.8) is 0 Å². The fourth-order valence-electron chi connectivity index (χ4n) is 3.57. The summed E-state index contributed by atoms with van der Waals surface area (Å²) in [5.74, 6) is 0.653. The number of thiophene rings is 1. The van der Waals surface area contributed by atoms with Crippen molar-refractivity contribution < 1.29 is 14.3 Å². The molecule has 1 N–H and O–H groups in total. The Labute approximate surface area is 186 Å². The summed E-state index contributed by atoms with van der Waals surface area (Å²) in [6.45, 7) is 8.67. The predicted molar refractivity (Wildman–Crippen MR) is 121 cm³/mol. The first-order valence-electron chi connectivity index (χ1n) is 10.6. The van der Waals surface area contributed by atoms with E-state index in [0.717, 1.165) is 61.6 Å². The second-order valence-electron chi connectivity index (χ2n) is 7.61. The summed E-state index contributed by atoms with van der Waals surface area (Å²) in [6, 6.07) is 0. The average Bonchev–Trinajstić information content (AvgIpc) is 3.26. The van der Waals surface area contributed by atoms with Crippen LogP contribution in [0.5, 0.6) is 0 Å². The molecule has 0 atom stereocenters. The van der Waals surface area contributed by atoms with E-state index in [4.69, 9.17) is 4.74 Å². The Kier molecular flexibility index (Phi) is 7.93. The molecule has 7 nitrogen and oxygen atoms in total. The van der Waals surface area contributed by atoms with Gasteiger partial charge in [-0.05, 0) is 51.5 Å². The van der Waals surface area contributed by atoms with Gasteiger partial charge in [0, 0.05) is 17.8 Å². The topological polar surface area (TPSA) is 86.1 Å². The maximum Gasteiger partial charge on any atom is 0.341 e. The van der Waals surface area contributed by atoms with Crippen LogP contribution >= 0.6 is 23.1 Å². The van der Waals surface area contributed by atoms with Crippen LogP contribution in [-0.4, -0.2) is 38.5 Å². The van der Waals surface area contributed by atoms with Gasteiger partial charge in [-0.25, -0.2) is 4.79 Å². The van der Waals surface area contributed by atoms with E-state index >= 15 is 0 Å². The van der Waals surface area contributed by atoms with Gasteiger partial charge in [-0.2, -0.15) is 0 Å². The van der Waals surface area contributed by atoms with Gasteiger partial charge in [-0.3, -0.25) is 4.79 Å². The summed E-state index contributed by atoms with van der Waals surface area (Å²) in [7, 11) is 0. The molecule has 1 amide bonds. The monoisotopic (exact) mass is 450 g/mol. The van der Waals surface area contributed by atoms with Crippen LogP contribution in [0, 0.1) is 0 Å². The van der Waals surface area contributed by atoms with Crippen LogP contribution in [-0.2, 0) is 35.3 Å². The molecule has 0 unspecified atom stereocenters. The van der Waals surface area contributed by atoms with Crippen molar-refractivity contribution in [2.45, 2.75) is 84.0 Å². The summed E-state index contributed by atoms with van der Waals surface area (Å²) < 4.78 is 7.54. The molecule has 2 aromatic rings. The fourth-order valence-corrected chi connectivity index (χ4v) is 5.65. The highest BCUT2D eigenvalue weighted by Crippen LogP contribution is 2.39. The van der Waals surface area contributed by atoms with Gasteiger partial charge in [0.2, 0.25) is 5.91 Å². The van der Waals surface area contributed by atoms with E-state index in [-0.39, 0.29) is 23.7 Å². The Bertz CT molecular complexity index is 904. The van der Waals surface area contributed by atoms with E-state index in [1.54, 1.807) is 0 Å². The molecular formula is C21H30N4O3S2. The molecule has 9 heteroatoms. The number of carbonyl (C=O) groups excluding carboxylic acids is 2. The van der Waals surface area contributed by atoms with Crippen LogP contribution in [0.25, 0.3) is 0 Å². The SMILES string of the molecule is CCCn1c(CC)nnc1SCC(=O)Nc1sc2c(c1C(=O)OC(C)C)CCCC2. The molecule has 0 saturated carbocycles. The lowest BCUT2D eigenvalue weighted by Crippen LogP contribution is -2.19.